The number of aromatic amines is 1. The van der Waals surface area contributed by atoms with Crippen molar-refractivity contribution in [1.29, 1.82) is 0 Å². The number of aromatic nitrogens is 4. The van der Waals surface area contributed by atoms with Crippen LogP contribution in [-0.4, -0.2) is 79.7 Å². The Morgan fingerprint density at radius 2 is 1.46 bits per heavy atom. The molecule has 0 amide bonds. The normalized spacial score (nSPS) is 15.5. The number of hydrogen-bond donors (Lipinski definition) is 1. The molecule has 2 aliphatic heterocycles. The third-order valence-electron chi connectivity index (χ3n) is 6.75. The van der Waals surface area contributed by atoms with Gasteiger partial charge in [-0.15, -0.1) is 22.7 Å². The fourth-order valence-corrected chi connectivity index (χ4v) is 6.69. The molecule has 2 fully saturated rings. The van der Waals surface area contributed by atoms with Crippen molar-refractivity contribution in [2.75, 3.05) is 69.5 Å². The van der Waals surface area contributed by atoms with Gasteiger partial charge in [-0.2, -0.15) is 0 Å². The molecule has 2 aliphatic rings. The van der Waals surface area contributed by atoms with Crippen molar-refractivity contribution in [2.45, 2.75) is 6.61 Å². The Balaban J connectivity index is 0.000000162. The lowest BCUT2D eigenvalue weighted by molar-refractivity contribution is 0.123. The second-order valence-electron chi connectivity index (χ2n) is 9.34. The quantitative estimate of drug-likeness (QED) is 0.310. The summed E-state index contributed by atoms with van der Waals surface area (Å²) in [6.07, 6.45) is 3.00. The van der Waals surface area contributed by atoms with Crippen LogP contribution >= 0.6 is 22.7 Å². The van der Waals surface area contributed by atoms with Gasteiger partial charge in [-0.25, -0.2) is 15.0 Å². The number of methoxy groups -OCH3 is 1. The van der Waals surface area contributed by atoms with Gasteiger partial charge in [-0.3, -0.25) is 4.79 Å². The lowest BCUT2D eigenvalue weighted by Crippen LogP contribution is -2.35. The number of morpholine rings is 2. The van der Waals surface area contributed by atoms with Crippen LogP contribution in [0, 0.1) is 0 Å². The topological polar surface area (TPSA) is 115 Å². The molecule has 214 valence electrons. The second-order valence-corrected chi connectivity index (χ2v) is 11.4. The van der Waals surface area contributed by atoms with Crippen molar-refractivity contribution in [3.63, 3.8) is 0 Å². The summed E-state index contributed by atoms with van der Waals surface area (Å²) in [5, 5.41) is 2.29. The van der Waals surface area contributed by atoms with Crippen LogP contribution in [-0.2, 0) is 16.1 Å². The number of hydrogen-bond acceptors (Lipinski definition) is 12. The summed E-state index contributed by atoms with van der Waals surface area (Å²) in [7, 11) is 1.66. The third-order valence-corrected chi connectivity index (χ3v) is 9.11. The highest BCUT2D eigenvalue weighted by molar-refractivity contribution is 7.23. The first-order valence-corrected chi connectivity index (χ1v) is 14.9. The molecular formula is C28H30N6O5S2. The molecule has 0 spiro atoms. The number of thiophene rings is 2. The molecule has 0 aliphatic carbocycles. The molecule has 0 saturated carbocycles. The van der Waals surface area contributed by atoms with Gasteiger partial charge >= 0.3 is 0 Å². The van der Waals surface area contributed by atoms with Crippen LogP contribution in [0.2, 0.25) is 0 Å². The van der Waals surface area contributed by atoms with Crippen LogP contribution < -0.4 is 24.8 Å². The average Bonchev–Trinajstić information content (AvgIpc) is 3.68. The fraction of sp³-hybridized carbons (Fsp3) is 0.357. The SMILES string of the molecule is COc1ccc(COc2ncnc3cc(N4CCOCC4)sc23)cc1.O=c1[nH]cnc2cc(N3CCOCC3)sc12. The van der Waals surface area contributed by atoms with Crippen LogP contribution in [0.5, 0.6) is 11.6 Å². The van der Waals surface area contributed by atoms with Crippen molar-refractivity contribution in [3.05, 3.63) is 65.0 Å². The number of nitrogens with one attached hydrogen (secondary N) is 1. The Hall–Kier alpha value is -3.78. The Kier molecular flexibility index (Phi) is 8.56. The van der Waals surface area contributed by atoms with Gasteiger partial charge in [0.1, 0.15) is 28.1 Å². The van der Waals surface area contributed by atoms with E-state index in [9.17, 15) is 4.79 Å². The number of ether oxygens (including phenoxy) is 4. The van der Waals surface area contributed by atoms with Gasteiger partial charge in [0.25, 0.3) is 5.56 Å². The molecule has 1 N–H and O–H groups in total. The van der Waals surface area contributed by atoms with Gasteiger partial charge in [0.15, 0.2) is 0 Å². The lowest BCUT2D eigenvalue weighted by Gasteiger charge is -2.27. The van der Waals surface area contributed by atoms with Gasteiger partial charge in [0, 0.05) is 26.2 Å². The van der Waals surface area contributed by atoms with E-state index in [2.05, 4.69) is 35.8 Å². The summed E-state index contributed by atoms with van der Waals surface area (Å²) in [4.78, 5) is 31.5. The second kappa shape index (κ2) is 12.8. The monoisotopic (exact) mass is 594 g/mol. The van der Waals surface area contributed by atoms with Crippen molar-refractivity contribution in [2.24, 2.45) is 0 Å². The smallest absolute Gasteiger partial charge is 0.268 e. The molecule has 6 heterocycles. The lowest BCUT2D eigenvalue weighted by atomic mass is 10.2. The van der Waals surface area contributed by atoms with Gasteiger partial charge < -0.3 is 33.7 Å². The summed E-state index contributed by atoms with van der Waals surface area (Å²) < 4.78 is 23.5. The third kappa shape index (κ3) is 6.43. The fourth-order valence-electron chi connectivity index (χ4n) is 4.53. The summed E-state index contributed by atoms with van der Waals surface area (Å²) in [5.41, 5.74) is 2.70. The van der Waals surface area contributed by atoms with E-state index >= 15 is 0 Å². The maximum absolute atomic E-state index is 11.5. The molecule has 11 nitrogen and oxygen atoms in total. The maximum atomic E-state index is 11.5. The summed E-state index contributed by atoms with van der Waals surface area (Å²) in [6.45, 7) is 7.05. The molecule has 7 rings (SSSR count). The van der Waals surface area contributed by atoms with E-state index in [1.807, 2.05) is 30.3 Å². The summed E-state index contributed by atoms with van der Waals surface area (Å²) in [6, 6.07) is 11.9. The number of fused-ring (bicyclic) bond motifs is 2. The first kappa shape index (κ1) is 27.4. The Morgan fingerprint density at radius 1 is 0.854 bits per heavy atom. The van der Waals surface area contributed by atoms with Crippen molar-refractivity contribution in [3.8, 4) is 11.6 Å². The molecule has 0 radical (unpaired) electrons. The zero-order valence-electron chi connectivity index (χ0n) is 22.6. The Labute approximate surface area is 244 Å². The minimum Gasteiger partial charge on any atom is -0.497 e. The van der Waals surface area contributed by atoms with Crippen molar-refractivity contribution in [1.82, 2.24) is 19.9 Å². The molecule has 0 bridgehead atoms. The highest BCUT2D eigenvalue weighted by Gasteiger charge is 2.17. The van der Waals surface area contributed by atoms with E-state index in [0.717, 1.165) is 84.7 Å². The van der Waals surface area contributed by atoms with Crippen molar-refractivity contribution < 1.29 is 18.9 Å². The predicted octanol–water partition coefficient (Wildman–Crippen LogP) is 3.94. The van der Waals surface area contributed by atoms with Gasteiger partial charge in [-0.05, 0) is 29.8 Å². The van der Waals surface area contributed by atoms with E-state index in [-0.39, 0.29) is 5.56 Å². The molecule has 4 aromatic heterocycles. The van der Waals surface area contributed by atoms with E-state index < -0.39 is 0 Å². The highest BCUT2D eigenvalue weighted by Crippen LogP contribution is 2.36. The largest absolute Gasteiger partial charge is 0.497 e. The minimum absolute atomic E-state index is 0.0606. The standard InChI is InChI=1S/C18H19N3O3S.C10H11N3O2S/c1-22-14-4-2-13(3-5-14)11-24-18-17-15(19-12-20-18)10-16(25-17)21-6-8-23-9-7-21;14-10-9-7(11-6-12-10)5-8(16-9)13-1-3-15-4-2-13/h2-5,10,12H,6-9,11H2,1H3;5-6H,1-4H2,(H,11,12,14). The van der Waals surface area contributed by atoms with Crippen LogP contribution in [0.1, 0.15) is 5.56 Å². The average molecular weight is 595 g/mol. The van der Waals surface area contributed by atoms with Gasteiger partial charge in [0.2, 0.25) is 5.88 Å². The highest BCUT2D eigenvalue weighted by atomic mass is 32.1. The number of anilines is 2. The van der Waals surface area contributed by atoms with E-state index in [1.54, 1.807) is 24.8 Å². The molecule has 5 aromatic rings. The van der Waals surface area contributed by atoms with Gasteiger partial charge in [-0.1, -0.05) is 12.1 Å². The zero-order valence-corrected chi connectivity index (χ0v) is 24.2. The Bertz CT molecular complexity index is 1640. The summed E-state index contributed by atoms with van der Waals surface area (Å²) >= 11 is 3.17. The van der Waals surface area contributed by atoms with Gasteiger partial charge in [0.05, 0.1) is 60.9 Å². The van der Waals surface area contributed by atoms with E-state index in [0.29, 0.717) is 17.2 Å². The first-order valence-electron chi connectivity index (χ1n) is 13.3. The van der Waals surface area contributed by atoms with Crippen LogP contribution in [0.3, 0.4) is 0 Å². The molecule has 2 saturated heterocycles. The molecule has 41 heavy (non-hydrogen) atoms. The predicted molar refractivity (Wildman–Crippen MR) is 161 cm³/mol. The maximum Gasteiger partial charge on any atom is 0.268 e. The molecule has 1 aromatic carbocycles. The zero-order chi connectivity index (χ0) is 28.0. The van der Waals surface area contributed by atoms with Crippen LogP contribution in [0.15, 0.2) is 53.8 Å². The summed E-state index contributed by atoms with van der Waals surface area (Å²) in [5.74, 6) is 1.46. The minimum atomic E-state index is -0.0606. The number of nitrogens with zero attached hydrogens (tertiary/aromatic N) is 5. The molecular weight excluding hydrogens is 564 g/mol. The number of H-pyrrole nitrogens is 1. The molecule has 0 unspecified atom stereocenters. The molecule has 0 atom stereocenters. The van der Waals surface area contributed by atoms with E-state index in [4.69, 9.17) is 18.9 Å². The van der Waals surface area contributed by atoms with Crippen LogP contribution in [0.4, 0.5) is 10.0 Å². The van der Waals surface area contributed by atoms with E-state index in [1.165, 1.54) is 22.7 Å². The van der Waals surface area contributed by atoms with Crippen LogP contribution in [0.25, 0.3) is 20.4 Å². The Morgan fingerprint density at radius 3 is 2.07 bits per heavy atom. The van der Waals surface area contributed by atoms with Crippen molar-refractivity contribution >= 4 is 53.1 Å². The first-order chi connectivity index (χ1) is 20.2. The number of rotatable bonds is 6. The number of benzene rings is 1. The molecule has 13 heteroatoms.